The molecule has 0 aliphatic heterocycles. The van der Waals surface area contributed by atoms with Gasteiger partial charge in [0.1, 0.15) is 5.75 Å². The van der Waals surface area contributed by atoms with Gasteiger partial charge in [0.2, 0.25) is 0 Å². The summed E-state index contributed by atoms with van der Waals surface area (Å²) in [6, 6.07) is 8.18. The first-order chi connectivity index (χ1) is 9.09. The first-order valence-electron chi connectivity index (χ1n) is 7.43. The summed E-state index contributed by atoms with van der Waals surface area (Å²) in [6.45, 7) is 10.2. The van der Waals surface area contributed by atoms with Gasteiger partial charge in [-0.05, 0) is 38.8 Å². The van der Waals surface area contributed by atoms with Crippen LogP contribution >= 0.6 is 0 Å². The van der Waals surface area contributed by atoms with Crippen LogP contribution in [0.1, 0.15) is 52.0 Å². The molecule has 0 aliphatic rings. The summed E-state index contributed by atoms with van der Waals surface area (Å²) in [4.78, 5) is 0. The molecule has 19 heavy (non-hydrogen) atoms. The average Bonchev–Trinajstić information content (AvgIpc) is 2.41. The number of ether oxygens (including phenoxy) is 2. The first-order valence-corrected chi connectivity index (χ1v) is 7.43. The first kappa shape index (κ1) is 16.0. The summed E-state index contributed by atoms with van der Waals surface area (Å²) in [5.41, 5.74) is 1.30. The van der Waals surface area contributed by atoms with E-state index in [-0.39, 0.29) is 5.60 Å². The van der Waals surface area contributed by atoms with Crippen LogP contribution < -0.4 is 4.74 Å². The molecule has 1 rings (SSSR count). The van der Waals surface area contributed by atoms with Crippen molar-refractivity contribution in [2.45, 2.75) is 59.0 Å². The van der Waals surface area contributed by atoms with E-state index in [0.717, 1.165) is 38.2 Å². The lowest BCUT2D eigenvalue weighted by Gasteiger charge is -2.28. The lowest BCUT2D eigenvalue weighted by Crippen LogP contribution is -2.28. The number of benzene rings is 1. The van der Waals surface area contributed by atoms with Crippen LogP contribution in [0.3, 0.4) is 0 Å². The predicted octanol–water partition coefficient (Wildman–Crippen LogP) is 4.75. The Kier molecular flexibility index (Phi) is 6.93. The van der Waals surface area contributed by atoms with Crippen LogP contribution in [0.4, 0.5) is 0 Å². The van der Waals surface area contributed by atoms with Crippen molar-refractivity contribution in [3.63, 3.8) is 0 Å². The van der Waals surface area contributed by atoms with Gasteiger partial charge in [-0.25, -0.2) is 0 Å². The highest BCUT2D eigenvalue weighted by Crippen LogP contribution is 2.21. The molecule has 0 radical (unpaired) electrons. The van der Waals surface area contributed by atoms with Gasteiger partial charge in [-0.15, -0.1) is 0 Å². The highest BCUT2D eigenvalue weighted by Gasteiger charge is 2.20. The van der Waals surface area contributed by atoms with Crippen molar-refractivity contribution in [2.24, 2.45) is 0 Å². The van der Waals surface area contributed by atoms with Gasteiger partial charge < -0.3 is 9.47 Å². The van der Waals surface area contributed by atoms with Gasteiger partial charge in [-0.3, -0.25) is 0 Å². The third-order valence-corrected chi connectivity index (χ3v) is 3.56. The maximum Gasteiger partial charge on any atom is 0.119 e. The molecular weight excluding hydrogens is 236 g/mol. The van der Waals surface area contributed by atoms with Crippen LogP contribution in [0.2, 0.25) is 0 Å². The Hall–Kier alpha value is -1.02. The van der Waals surface area contributed by atoms with Gasteiger partial charge >= 0.3 is 0 Å². The number of hydrogen-bond acceptors (Lipinski definition) is 2. The highest BCUT2D eigenvalue weighted by atomic mass is 16.5. The third-order valence-electron chi connectivity index (χ3n) is 3.56. The zero-order chi connectivity index (χ0) is 14.1. The van der Waals surface area contributed by atoms with Crippen LogP contribution in [0.15, 0.2) is 24.3 Å². The third kappa shape index (κ3) is 6.11. The largest absolute Gasteiger partial charge is 0.494 e. The second kappa shape index (κ2) is 8.21. The van der Waals surface area contributed by atoms with Gasteiger partial charge in [0.05, 0.1) is 18.8 Å². The molecule has 0 saturated heterocycles. The molecule has 0 heterocycles. The molecule has 0 bridgehead atoms. The van der Waals surface area contributed by atoms with Crippen molar-refractivity contribution in [1.29, 1.82) is 0 Å². The summed E-state index contributed by atoms with van der Waals surface area (Å²) >= 11 is 0. The predicted molar refractivity (Wildman–Crippen MR) is 80.8 cm³/mol. The van der Waals surface area contributed by atoms with Crippen LogP contribution in [-0.2, 0) is 4.74 Å². The Bertz CT molecular complexity index is 345. The minimum absolute atomic E-state index is 0.0403. The summed E-state index contributed by atoms with van der Waals surface area (Å²) in [6.07, 6.45) is 4.30. The Labute approximate surface area is 118 Å². The van der Waals surface area contributed by atoms with E-state index in [9.17, 15) is 0 Å². The van der Waals surface area contributed by atoms with Crippen molar-refractivity contribution in [3.8, 4) is 5.75 Å². The molecule has 1 aromatic carbocycles. The van der Waals surface area contributed by atoms with E-state index in [2.05, 4.69) is 39.8 Å². The highest BCUT2D eigenvalue weighted by molar-refractivity contribution is 5.26. The number of aryl methyl sites for hydroxylation is 1. The summed E-state index contributed by atoms with van der Waals surface area (Å²) < 4.78 is 11.7. The molecule has 1 aromatic rings. The maximum atomic E-state index is 6.00. The molecule has 1 unspecified atom stereocenters. The van der Waals surface area contributed by atoms with Crippen molar-refractivity contribution in [2.75, 3.05) is 13.2 Å². The molecule has 1 atom stereocenters. The zero-order valence-corrected chi connectivity index (χ0v) is 12.9. The number of rotatable bonds is 9. The Balaban J connectivity index is 2.18. The fourth-order valence-corrected chi connectivity index (χ4v) is 2.08. The van der Waals surface area contributed by atoms with Crippen molar-refractivity contribution in [3.05, 3.63) is 29.8 Å². The quantitative estimate of drug-likeness (QED) is 0.599. The molecule has 0 spiro atoms. The SMILES string of the molecule is CCCC(C)(CC)OCCCOc1ccc(C)cc1. The standard InChI is InChI=1S/C17H28O2/c1-5-12-17(4,6-2)19-14-7-13-18-16-10-8-15(3)9-11-16/h8-11H,5-7,12-14H2,1-4H3. The van der Waals surface area contributed by atoms with E-state index in [1.807, 2.05) is 12.1 Å². The smallest absolute Gasteiger partial charge is 0.119 e. The van der Waals surface area contributed by atoms with Gasteiger partial charge in [0.15, 0.2) is 0 Å². The van der Waals surface area contributed by atoms with Crippen molar-refractivity contribution >= 4 is 0 Å². The Morgan fingerprint density at radius 1 is 1.05 bits per heavy atom. The summed E-state index contributed by atoms with van der Waals surface area (Å²) in [7, 11) is 0. The summed E-state index contributed by atoms with van der Waals surface area (Å²) in [5.74, 6) is 0.942. The minimum Gasteiger partial charge on any atom is -0.494 e. The second-order valence-corrected chi connectivity index (χ2v) is 5.42. The lowest BCUT2D eigenvalue weighted by molar-refractivity contribution is -0.0443. The monoisotopic (exact) mass is 264 g/mol. The van der Waals surface area contributed by atoms with E-state index in [4.69, 9.17) is 9.47 Å². The van der Waals surface area contributed by atoms with Crippen LogP contribution in [0.5, 0.6) is 5.75 Å². The second-order valence-electron chi connectivity index (χ2n) is 5.42. The fourth-order valence-electron chi connectivity index (χ4n) is 2.08. The Morgan fingerprint density at radius 2 is 1.74 bits per heavy atom. The van der Waals surface area contributed by atoms with E-state index >= 15 is 0 Å². The van der Waals surface area contributed by atoms with Crippen molar-refractivity contribution in [1.82, 2.24) is 0 Å². The summed E-state index contributed by atoms with van der Waals surface area (Å²) in [5, 5.41) is 0. The average molecular weight is 264 g/mol. The zero-order valence-electron chi connectivity index (χ0n) is 12.9. The minimum atomic E-state index is 0.0403. The van der Waals surface area contributed by atoms with Crippen LogP contribution in [-0.4, -0.2) is 18.8 Å². The fraction of sp³-hybridized carbons (Fsp3) is 0.647. The Morgan fingerprint density at radius 3 is 2.32 bits per heavy atom. The lowest BCUT2D eigenvalue weighted by atomic mass is 9.97. The normalized spacial score (nSPS) is 14.1. The molecule has 0 aromatic heterocycles. The molecule has 2 heteroatoms. The molecule has 0 fully saturated rings. The van der Waals surface area contributed by atoms with Crippen LogP contribution in [0.25, 0.3) is 0 Å². The van der Waals surface area contributed by atoms with E-state index in [1.165, 1.54) is 12.0 Å². The molecule has 0 aliphatic carbocycles. The molecule has 0 N–H and O–H groups in total. The van der Waals surface area contributed by atoms with Gasteiger partial charge in [-0.1, -0.05) is 38.0 Å². The molecule has 0 amide bonds. The maximum absolute atomic E-state index is 6.00. The van der Waals surface area contributed by atoms with E-state index in [1.54, 1.807) is 0 Å². The molecule has 0 saturated carbocycles. The van der Waals surface area contributed by atoms with Gasteiger partial charge in [0.25, 0.3) is 0 Å². The van der Waals surface area contributed by atoms with E-state index in [0.29, 0.717) is 0 Å². The molecular formula is C17H28O2. The van der Waals surface area contributed by atoms with Crippen molar-refractivity contribution < 1.29 is 9.47 Å². The van der Waals surface area contributed by atoms with Gasteiger partial charge in [-0.2, -0.15) is 0 Å². The van der Waals surface area contributed by atoms with Crippen LogP contribution in [0, 0.1) is 6.92 Å². The molecule has 108 valence electrons. The van der Waals surface area contributed by atoms with Gasteiger partial charge in [0, 0.05) is 6.42 Å². The topological polar surface area (TPSA) is 18.5 Å². The van der Waals surface area contributed by atoms with E-state index < -0.39 is 0 Å². The molecule has 2 nitrogen and oxygen atoms in total. The number of hydrogen-bond donors (Lipinski definition) is 0.